The Hall–Kier alpha value is -2.77. The fourth-order valence-electron chi connectivity index (χ4n) is 1.42. The van der Waals surface area contributed by atoms with E-state index in [1.165, 1.54) is 24.3 Å². The Morgan fingerprint density at radius 2 is 1.95 bits per heavy atom. The Kier molecular flexibility index (Phi) is 4.04. The number of ether oxygens (including phenoxy) is 1. The third-order valence-corrected chi connectivity index (χ3v) is 2.25. The minimum absolute atomic E-state index is 0.0494. The van der Waals surface area contributed by atoms with Crippen molar-refractivity contribution < 1.29 is 23.4 Å². The highest BCUT2D eigenvalue weighted by molar-refractivity contribution is 5.85. The summed E-state index contributed by atoms with van der Waals surface area (Å²) in [5.74, 6) is -1.04. The number of hydrogen-bond donors (Lipinski definition) is 2. The van der Waals surface area contributed by atoms with E-state index < -0.39 is 12.6 Å². The SMILES string of the molecule is O=C(O)c1ccc(Nc2ccccc2OC(F)F)nn1. The summed E-state index contributed by atoms with van der Waals surface area (Å²) in [7, 11) is 0. The van der Waals surface area contributed by atoms with E-state index in [4.69, 9.17) is 5.11 Å². The highest BCUT2D eigenvalue weighted by Crippen LogP contribution is 2.27. The van der Waals surface area contributed by atoms with E-state index in [9.17, 15) is 13.6 Å². The lowest BCUT2D eigenvalue weighted by molar-refractivity contribution is -0.0493. The maximum atomic E-state index is 12.2. The topological polar surface area (TPSA) is 84.3 Å². The van der Waals surface area contributed by atoms with Gasteiger partial charge >= 0.3 is 12.6 Å². The van der Waals surface area contributed by atoms with Gasteiger partial charge in [0.05, 0.1) is 5.69 Å². The van der Waals surface area contributed by atoms with Crippen molar-refractivity contribution in [3.8, 4) is 5.75 Å². The van der Waals surface area contributed by atoms with Crippen LogP contribution in [0.4, 0.5) is 20.3 Å². The molecule has 0 unspecified atom stereocenters. The summed E-state index contributed by atoms with van der Waals surface area (Å²) < 4.78 is 28.8. The highest BCUT2D eigenvalue weighted by Gasteiger charge is 2.10. The first-order valence-corrected chi connectivity index (χ1v) is 5.44. The number of halogens is 2. The molecular weight excluding hydrogens is 272 g/mol. The molecule has 0 saturated heterocycles. The Morgan fingerprint density at radius 3 is 2.55 bits per heavy atom. The van der Waals surface area contributed by atoms with Gasteiger partial charge in [-0.05, 0) is 24.3 Å². The smallest absolute Gasteiger partial charge is 0.387 e. The van der Waals surface area contributed by atoms with Crippen molar-refractivity contribution in [1.29, 1.82) is 0 Å². The zero-order chi connectivity index (χ0) is 14.5. The molecule has 0 spiro atoms. The number of alkyl halides is 2. The number of para-hydroxylation sites is 2. The number of aromatic carboxylic acids is 1. The van der Waals surface area contributed by atoms with E-state index >= 15 is 0 Å². The number of benzene rings is 1. The van der Waals surface area contributed by atoms with Gasteiger partial charge in [0.15, 0.2) is 11.5 Å². The monoisotopic (exact) mass is 281 g/mol. The van der Waals surface area contributed by atoms with Crippen molar-refractivity contribution in [2.75, 3.05) is 5.32 Å². The molecule has 1 aromatic carbocycles. The minimum Gasteiger partial charge on any atom is -0.476 e. The van der Waals surface area contributed by atoms with Crippen LogP contribution in [0.2, 0.25) is 0 Å². The van der Waals surface area contributed by atoms with Gasteiger partial charge in [0.25, 0.3) is 0 Å². The van der Waals surface area contributed by atoms with Crippen LogP contribution in [0, 0.1) is 0 Å². The van der Waals surface area contributed by atoms with Crippen LogP contribution in [0.5, 0.6) is 5.75 Å². The third-order valence-electron chi connectivity index (χ3n) is 2.25. The minimum atomic E-state index is -2.95. The molecule has 0 aliphatic rings. The molecule has 0 fully saturated rings. The van der Waals surface area contributed by atoms with Gasteiger partial charge in [-0.1, -0.05) is 12.1 Å². The second kappa shape index (κ2) is 5.91. The summed E-state index contributed by atoms with van der Waals surface area (Å²) in [5.41, 5.74) is 0.0536. The fraction of sp³-hybridized carbons (Fsp3) is 0.0833. The van der Waals surface area contributed by atoms with E-state index in [1.54, 1.807) is 12.1 Å². The van der Waals surface area contributed by atoms with Crippen LogP contribution < -0.4 is 10.1 Å². The van der Waals surface area contributed by atoms with E-state index in [1.807, 2.05) is 0 Å². The summed E-state index contributed by atoms with van der Waals surface area (Å²) in [4.78, 5) is 10.6. The first-order chi connectivity index (χ1) is 9.56. The average Bonchev–Trinajstić information content (AvgIpc) is 2.41. The van der Waals surface area contributed by atoms with E-state index in [0.29, 0.717) is 0 Å². The third kappa shape index (κ3) is 3.37. The normalized spacial score (nSPS) is 10.3. The predicted octanol–water partition coefficient (Wildman–Crippen LogP) is 2.52. The van der Waals surface area contributed by atoms with Gasteiger partial charge in [-0.2, -0.15) is 8.78 Å². The molecule has 0 saturated carbocycles. The number of nitrogens with zero attached hydrogens (tertiary/aromatic N) is 2. The molecule has 0 bridgehead atoms. The zero-order valence-electron chi connectivity index (χ0n) is 9.96. The van der Waals surface area contributed by atoms with Gasteiger partial charge < -0.3 is 15.2 Å². The Morgan fingerprint density at radius 1 is 1.20 bits per heavy atom. The maximum Gasteiger partial charge on any atom is 0.387 e. The van der Waals surface area contributed by atoms with Crippen molar-refractivity contribution in [2.24, 2.45) is 0 Å². The van der Waals surface area contributed by atoms with Crippen LogP contribution in [0.25, 0.3) is 0 Å². The van der Waals surface area contributed by atoms with E-state index in [2.05, 4.69) is 20.3 Å². The van der Waals surface area contributed by atoms with Gasteiger partial charge in [-0.25, -0.2) is 4.79 Å². The van der Waals surface area contributed by atoms with Crippen molar-refractivity contribution in [3.63, 3.8) is 0 Å². The molecule has 0 aliphatic heterocycles. The molecule has 8 heteroatoms. The van der Waals surface area contributed by atoms with Crippen molar-refractivity contribution in [2.45, 2.75) is 6.61 Å². The number of carbonyl (C=O) groups is 1. The molecular formula is C12H9F2N3O3. The zero-order valence-corrected chi connectivity index (χ0v) is 9.96. The first-order valence-electron chi connectivity index (χ1n) is 5.44. The summed E-state index contributed by atoms with van der Waals surface area (Å²) in [6, 6.07) is 8.67. The molecule has 2 aromatic rings. The molecule has 2 N–H and O–H groups in total. The maximum absolute atomic E-state index is 12.2. The van der Waals surface area contributed by atoms with Gasteiger partial charge in [0.1, 0.15) is 5.75 Å². The highest BCUT2D eigenvalue weighted by atomic mass is 19.3. The summed E-state index contributed by atoms with van der Waals surface area (Å²) in [6.45, 7) is -2.95. The molecule has 0 atom stereocenters. The molecule has 20 heavy (non-hydrogen) atoms. The number of aromatic nitrogens is 2. The number of anilines is 2. The molecule has 1 heterocycles. The van der Waals surface area contributed by atoms with Crippen LogP contribution in [0.15, 0.2) is 36.4 Å². The van der Waals surface area contributed by atoms with Gasteiger partial charge in [0, 0.05) is 0 Å². The Labute approximate surface area is 112 Å². The quantitative estimate of drug-likeness (QED) is 0.876. The number of carboxylic acids is 1. The molecule has 2 rings (SSSR count). The van der Waals surface area contributed by atoms with Crippen LogP contribution in [-0.4, -0.2) is 27.9 Å². The van der Waals surface area contributed by atoms with Gasteiger partial charge in [0.2, 0.25) is 0 Å². The lowest BCUT2D eigenvalue weighted by Crippen LogP contribution is -2.06. The number of hydrogen-bond acceptors (Lipinski definition) is 5. The molecule has 1 aromatic heterocycles. The fourth-order valence-corrected chi connectivity index (χ4v) is 1.42. The van der Waals surface area contributed by atoms with Crippen molar-refractivity contribution in [3.05, 3.63) is 42.1 Å². The van der Waals surface area contributed by atoms with Crippen molar-refractivity contribution in [1.82, 2.24) is 10.2 Å². The molecule has 0 amide bonds. The molecule has 6 nitrogen and oxygen atoms in total. The first kappa shape index (κ1) is 13.7. The number of rotatable bonds is 5. The second-order valence-electron chi connectivity index (χ2n) is 3.61. The summed E-state index contributed by atoms with van der Waals surface area (Å²) in [6.07, 6.45) is 0. The largest absolute Gasteiger partial charge is 0.476 e. The van der Waals surface area contributed by atoms with Crippen LogP contribution in [0.1, 0.15) is 10.5 Å². The molecule has 104 valence electrons. The lowest BCUT2D eigenvalue weighted by atomic mass is 10.3. The standard InChI is InChI=1S/C12H9F2N3O3/c13-12(14)20-9-4-2-1-3-7(9)15-10-6-5-8(11(18)19)16-17-10/h1-6,12H,(H,15,17)(H,18,19). The Bertz CT molecular complexity index is 605. The second-order valence-corrected chi connectivity index (χ2v) is 3.61. The van der Waals surface area contributed by atoms with Crippen LogP contribution >= 0.6 is 0 Å². The lowest BCUT2D eigenvalue weighted by Gasteiger charge is -2.11. The summed E-state index contributed by atoms with van der Waals surface area (Å²) >= 11 is 0. The van der Waals surface area contributed by atoms with E-state index in [0.717, 1.165) is 0 Å². The summed E-state index contributed by atoms with van der Waals surface area (Å²) in [5, 5.41) is 18.5. The van der Waals surface area contributed by atoms with Gasteiger partial charge in [-0.3, -0.25) is 0 Å². The van der Waals surface area contributed by atoms with Crippen LogP contribution in [-0.2, 0) is 0 Å². The van der Waals surface area contributed by atoms with Gasteiger partial charge in [-0.15, -0.1) is 10.2 Å². The predicted molar refractivity (Wildman–Crippen MR) is 65.3 cm³/mol. The van der Waals surface area contributed by atoms with Crippen molar-refractivity contribution >= 4 is 17.5 Å². The number of carboxylic acid groups (broad SMARTS) is 1. The average molecular weight is 281 g/mol. The Balaban J connectivity index is 2.19. The molecule has 0 aliphatic carbocycles. The van der Waals surface area contributed by atoms with Crippen LogP contribution in [0.3, 0.4) is 0 Å². The molecule has 0 radical (unpaired) electrons. The number of nitrogens with one attached hydrogen (secondary N) is 1. The van der Waals surface area contributed by atoms with E-state index in [-0.39, 0.29) is 22.9 Å².